The second-order valence-electron chi connectivity index (χ2n) is 8.71. The van der Waals surface area contributed by atoms with Crippen LogP contribution in [0.4, 0.5) is 4.79 Å². The first kappa shape index (κ1) is 21.8. The van der Waals surface area contributed by atoms with Gasteiger partial charge in [-0.05, 0) is 45.7 Å². The summed E-state index contributed by atoms with van der Waals surface area (Å²) in [6.45, 7) is 5.83. The van der Waals surface area contributed by atoms with Crippen molar-refractivity contribution in [3.8, 4) is 0 Å². The van der Waals surface area contributed by atoms with Crippen LogP contribution in [0.25, 0.3) is 10.9 Å². The molecule has 162 valence electrons. The molecule has 1 aromatic heterocycles. The number of aryl methyl sites for hydroxylation is 1. The first-order chi connectivity index (χ1) is 14.2. The van der Waals surface area contributed by atoms with Crippen LogP contribution < -0.4 is 16.1 Å². The number of fused-ring (bicyclic) bond motifs is 1. The molecule has 1 heterocycles. The van der Waals surface area contributed by atoms with E-state index in [1.54, 1.807) is 10.7 Å². The second kappa shape index (κ2) is 9.28. The molecule has 1 fully saturated rings. The Morgan fingerprint density at radius 3 is 2.50 bits per heavy atom. The van der Waals surface area contributed by atoms with Crippen LogP contribution in [-0.4, -0.2) is 39.5 Å². The molecule has 0 radical (unpaired) electrons. The maximum Gasteiger partial charge on any atom is 0.407 e. The Bertz CT molecular complexity index is 963. The fourth-order valence-electron chi connectivity index (χ4n) is 3.76. The van der Waals surface area contributed by atoms with Gasteiger partial charge in [-0.25, -0.2) is 4.79 Å². The zero-order valence-electron chi connectivity index (χ0n) is 17.8. The minimum atomic E-state index is -0.565. The summed E-state index contributed by atoms with van der Waals surface area (Å²) in [5.74, 6) is -0.109. The standard InChI is InChI=1S/C22H30N4O4/c1-22(2,3)30-21(29)25-17-10-6-5-9-16(17)24-20(28)12-13-26-18-11-7-4-8-15(18)19(27)14-23-26/h4,7-8,11,14,16-17H,5-6,9-10,12-13H2,1-3H3,(H,24,28)(H,25,29)/t16-,17-/m0/s1. The highest BCUT2D eigenvalue weighted by molar-refractivity contribution is 5.79. The number of hydrogen-bond donors (Lipinski definition) is 2. The van der Waals surface area contributed by atoms with Crippen molar-refractivity contribution in [3.05, 3.63) is 40.7 Å². The Morgan fingerprint density at radius 2 is 1.80 bits per heavy atom. The van der Waals surface area contributed by atoms with Crippen molar-refractivity contribution >= 4 is 22.9 Å². The average molecular weight is 415 g/mol. The number of nitrogens with one attached hydrogen (secondary N) is 2. The molecule has 2 amide bonds. The Morgan fingerprint density at radius 1 is 1.13 bits per heavy atom. The van der Waals surface area contributed by atoms with E-state index in [1.807, 2.05) is 39.0 Å². The van der Waals surface area contributed by atoms with Crippen molar-refractivity contribution in [1.82, 2.24) is 20.4 Å². The number of benzene rings is 1. The maximum absolute atomic E-state index is 12.6. The van der Waals surface area contributed by atoms with Gasteiger partial charge in [-0.1, -0.05) is 25.0 Å². The van der Waals surface area contributed by atoms with Gasteiger partial charge in [-0.15, -0.1) is 0 Å². The lowest BCUT2D eigenvalue weighted by atomic mass is 9.90. The Kier molecular flexibility index (Phi) is 6.74. The quantitative estimate of drug-likeness (QED) is 0.783. The molecule has 1 aromatic carbocycles. The zero-order valence-corrected chi connectivity index (χ0v) is 17.8. The van der Waals surface area contributed by atoms with Crippen molar-refractivity contribution in [2.45, 2.75) is 77.1 Å². The monoisotopic (exact) mass is 414 g/mol. The smallest absolute Gasteiger partial charge is 0.407 e. The van der Waals surface area contributed by atoms with E-state index in [2.05, 4.69) is 15.7 Å². The fraction of sp³-hybridized carbons (Fsp3) is 0.545. The predicted molar refractivity (Wildman–Crippen MR) is 114 cm³/mol. The van der Waals surface area contributed by atoms with Gasteiger partial charge in [0.2, 0.25) is 11.3 Å². The second-order valence-corrected chi connectivity index (χ2v) is 8.71. The van der Waals surface area contributed by atoms with E-state index < -0.39 is 11.7 Å². The average Bonchev–Trinajstić information content (AvgIpc) is 2.68. The van der Waals surface area contributed by atoms with E-state index in [0.29, 0.717) is 17.4 Å². The number of amides is 2. The summed E-state index contributed by atoms with van der Waals surface area (Å²) in [5, 5.41) is 10.7. The van der Waals surface area contributed by atoms with Gasteiger partial charge >= 0.3 is 6.09 Å². The molecule has 2 N–H and O–H groups in total. The van der Waals surface area contributed by atoms with Crippen LogP contribution in [0.2, 0.25) is 0 Å². The van der Waals surface area contributed by atoms with Crippen LogP contribution in [-0.2, 0) is 16.1 Å². The molecule has 1 saturated carbocycles. The molecule has 2 atom stereocenters. The summed E-state index contributed by atoms with van der Waals surface area (Å²) in [7, 11) is 0. The number of aromatic nitrogens is 2. The van der Waals surface area contributed by atoms with Gasteiger partial charge in [0.05, 0.1) is 24.3 Å². The van der Waals surface area contributed by atoms with Crippen LogP contribution in [0.1, 0.15) is 52.9 Å². The molecule has 0 unspecified atom stereocenters. The first-order valence-electron chi connectivity index (χ1n) is 10.5. The lowest BCUT2D eigenvalue weighted by Gasteiger charge is -2.33. The molecule has 8 heteroatoms. The molecule has 1 aliphatic rings. The van der Waals surface area contributed by atoms with Gasteiger partial charge in [-0.3, -0.25) is 14.3 Å². The lowest BCUT2D eigenvalue weighted by Crippen LogP contribution is -2.54. The molecule has 0 aliphatic heterocycles. The summed E-state index contributed by atoms with van der Waals surface area (Å²) >= 11 is 0. The molecular weight excluding hydrogens is 384 g/mol. The molecule has 1 aliphatic carbocycles. The summed E-state index contributed by atoms with van der Waals surface area (Å²) in [4.78, 5) is 36.7. The van der Waals surface area contributed by atoms with E-state index in [0.717, 1.165) is 25.7 Å². The Hall–Kier alpha value is -2.90. The normalized spacial score (nSPS) is 19.3. The molecule has 8 nitrogen and oxygen atoms in total. The number of rotatable bonds is 5. The third-order valence-corrected chi connectivity index (χ3v) is 5.13. The van der Waals surface area contributed by atoms with Crippen LogP contribution in [0.15, 0.2) is 35.3 Å². The van der Waals surface area contributed by atoms with Crippen LogP contribution >= 0.6 is 0 Å². The number of alkyl carbamates (subject to hydrolysis) is 1. The number of nitrogens with zero attached hydrogens (tertiary/aromatic N) is 2. The number of hydrogen-bond acceptors (Lipinski definition) is 5. The highest BCUT2D eigenvalue weighted by atomic mass is 16.6. The van der Waals surface area contributed by atoms with Crippen LogP contribution in [0.3, 0.4) is 0 Å². The summed E-state index contributed by atoms with van der Waals surface area (Å²) in [6.07, 6.45) is 4.67. The number of carbonyl (C=O) groups excluding carboxylic acids is 2. The molecule has 0 spiro atoms. The highest BCUT2D eigenvalue weighted by Gasteiger charge is 2.29. The van der Waals surface area contributed by atoms with E-state index in [9.17, 15) is 14.4 Å². The molecule has 30 heavy (non-hydrogen) atoms. The van der Waals surface area contributed by atoms with E-state index in [-0.39, 0.29) is 29.8 Å². The minimum absolute atomic E-state index is 0.109. The molecule has 0 bridgehead atoms. The molecule has 2 aromatic rings. The number of carbonyl (C=O) groups is 2. The topological polar surface area (TPSA) is 102 Å². The van der Waals surface area contributed by atoms with Crippen LogP contribution in [0, 0.1) is 0 Å². The Balaban J connectivity index is 1.59. The van der Waals surface area contributed by atoms with E-state index in [4.69, 9.17) is 4.74 Å². The maximum atomic E-state index is 12.6. The largest absolute Gasteiger partial charge is 0.444 e. The van der Waals surface area contributed by atoms with Gasteiger partial charge in [0.1, 0.15) is 5.60 Å². The lowest BCUT2D eigenvalue weighted by molar-refractivity contribution is -0.122. The summed E-state index contributed by atoms with van der Waals surface area (Å²) in [5.41, 5.74) is 0.00826. The predicted octanol–water partition coefficient (Wildman–Crippen LogP) is 2.74. The Labute approximate surface area is 176 Å². The van der Waals surface area contributed by atoms with Crippen molar-refractivity contribution in [2.24, 2.45) is 0 Å². The SMILES string of the molecule is CC(C)(C)OC(=O)N[C@H]1CCCC[C@@H]1NC(=O)CCn1ncc(=O)c2ccccc21. The van der Waals surface area contributed by atoms with Crippen molar-refractivity contribution in [3.63, 3.8) is 0 Å². The molecule has 3 rings (SSSR count). The van der Waals surface area contributed by atoms with Gasteiger partial charge in [0.25, 0.3) is 0 Å². The zero-order chi connectivity index (χ0) is 21.7. The number of ether oxygens (including phenoxy) is 1. The molecule has 0 saturated heterocycles. The first-order valence-corrected chi connectivity index (χ1v) is 10.5. The summed E-state index contributed by atoms with van der Waals surface area (Å²) < 4.78 is 7.02. The van der Waals surface area contributed by atoms with E-state index >= 15 is 0 Å². The minimum Gasteiger partial charge on any atom is -0.444 e. The van der Waals surface area contributed by atoms with Gasteiger partial charge in [-0.2, -0.15) is 5.10 Å². The van der Waals surface area contributed by atoms with Gasteiger partial charge in [0.15, 0.2) is 0 Å². The van der Waals surface area contributed by atoms with Crippen molar-refractivity contribution < 1.29 is 14.3 Å². The highest BCUT2D eigenvalue weighted by Crippen LogP contribution is 2.20. The van der Waals surface area contributed by atoms with Crippen LogP contribution in [0.5, 0.6) is 0 Å². The molecular formula is C22H30N4O4. The van der Waals surface area contributed by atoms with E-state index in [1.165, 1.54) is 6.20 Å². The van der Waals surface area contributed by atoms with Crippen molar-refractivity contribution in [2.75, 3.05) is 0 Å². The third-order valence-electron chi connectivity index (χ3n) is 5.13. The summed E-state index contributed by atoms with van der Waals surface area (Å²) in [6, 6.07) is 6.95. The van der Waals surface area contributed by atoms with Gasteiger partial charge in [0, 0.05) is 17.8 Å². The van der Waals surface area contributed by atoms with Gasteiger partial charge < -0.3 is 15.4 Å². The fourth-order valence-corrected chi connectivity index (χ4v) is 3.76. The van der Waals surface area contributed by atoms with Crippen molar-refractivity contribution in [1.29, 1.82) is 0 Å². The third kappa shape index (κ3) is 5.81. The number of para-hydroxylation sites is 1.